The fourth-order valence-electron chi connectivity index (χ4n) is 6.21. The first-order chi connectivity index (χ1) is 17.7. The van der Waals surface area contributed by atoms with Crippen LogP contribution in [0.25, 0.3) is 0 Å². The summed E-state index contributed by atoms with van der Waals surface area (Å²) in [6.45, 7) is -0.224. The van der Waals surface area contributed by atoms with Gasteiger partial charge in [0.05, 0.1) is 6.04 Å². The van der Waals surface area contributed by atoms with Crippen LogP contribution in [0, 0.1) is 17.8 Å². The number of carbonyl (C=O) groups excluding carboxylic acids is 5. The number of hydrogen-bond donors (Lipinski definition) is 5. The molecule has 4 amide bonds. The maximum atomic E-state index is 14.2. The first kappa shape index (κ1) is 27.5. The number of amides is 4. The lowest BCUT2D eigenvalue weighted by Crippen LogP contribution is -2.60. The molecular weight excluding hydrogens is 483 g/mol. The minimum atomic E-state index is -1.08. The molecule has 0 aromatic carbocycles. The highest BCUT2D eigenvalue weighted by Crippen LogP contribution is 2.44. The van der Waals surface area contributed by atoms with Gasteiger partial charge >= 0.3 is 11.8 Å². The van der Waals surface area contributed by atoms with Gasteiger partial charge in [-0.25, -0.2) is 4.39 Å². The summed E-state index contributed by atoms with van der Waals surface area (Å²) in [5.41, 5.74) is -0.590. The van der Waals surface area contributed by atoms with Crippen LogP contribution in [0.1, 0.15) is 77.0 Å². The summed E-state index contributed by atoms with van der Waals surface area (Å²) >= 11 is 0. The van der Waals surface area contributed by atoms with Gasteiger partial charge < -0.3 is 26.4 Å². The molecule has 206 valence electrons. The summed E-state index contributed by atoms with van der Waals surface area (Å²) in [4.78, 5) is 63.4. The molecule has 6 atom stereocenters. The maximum Gasteiger partial charge on any atom is 0.309 e. The lowest BCUT2D eigenvalue weighted by atomic mass is 9.66. The maximum absolute atomic E-state index is 14.2. The first-order valence-electron chi connectivity index (χ1n) is 13.7. The van der Waals surface area contributed by atoms with Crippen molar-refractivity contribution in [3.63, 3.8) is 0 Å². The van der Waals surface area contributed by atoms with Crippen molar-refractivity contribution in [1.82, 2.24) is 21.3 Å². The van der Waals surface area contributed by atoms with E-state index < -0.39 is 59.8 Å². The molecular formula is C26H39FN4O6. The molecule has 3 aliphatic carbocycles. The Bertz CT molecular complexity index is 911. The molecule has 11 heteroatoms. The van der Waals surface area contributed by atoms with E-state index in [1.807, 2.05) is 0 Å². The van der Waals surface area contributed by atoms with Crippen LogP contribution in [-0.2, 0) is 24.0 Å². The highest BCUT2D eigenvalue weighted by molar-refractivity contribution is 6.35. The molecule has 4 aliphatic rings. The van der Waals surface area contributed by atoms with Gasteiger partial charge in [-0.15, -0.1) is 0 Å². The van der Waals surface area contributed by atoms with E-state index in [0.29, 0.717) is 45.1 Å². The van der Waals surface area contributed by atoms with Crippen molar-refractivity contribution in [1.29, 1.82) is 0 Å². The zero-order valence-electron chi connectivity index (χ0n) is 21.2. The summed E-state index contributed by atoms with van der Waals surface area (Å²) in [5.74, 6) is -3.54. The molecule has 2 bridgehead atoms. The molecule has 5 N–H and O–H groups in total. The first-order valence-corrected chi connectivity index (χ1v) is 13.7. The predicted molar refractivity (Wildman–Crippen MR) is 131 cm³/mol. The summed E-state index contributed by atoms with van der Waals surface area (Å²) in [6, 6.07) is -2.11. The van der Waals surface area contributed by atoms with E-state index in [2.05, 4.69) is 21.3 Å². The molecule has 0 radical (unpaired) electrons. The Hall–Kier alpha value is -2.56. The van der Waals surface area contributed by atoms with Gasteiger partial charge in [-0.2, -0.15) is 0 Å². The molecule has 0 spiro atoms. The van der Waals surface area contributed by atoms with Crippen LogP contribution >= 0.6 is 0 Å². The smallest absolute Gasteiger partial charge is 0.309 e. The normalized spacial score (nSPS) is 30.9. The molecule has 37 heavy (non-hydrogen) atoms. The number of halogens is 1. The molecule has 0 aromatic heterocycles. The van der Waals surface area contributed by atoms with Crippen molar-refractivity contribution in [2.24, 2.45) is 17.8 Å². The van der Waals surface area contributed by atoms with E-state index >= 15 is 0 Å². The minimum absolute atomic E-state index is 0.0563. The number of hydrogen-bond acceptors (Lipinski definition) is 6. The number of alkyl halides is 1. The Morgan fingerprint density at radius 1 is 0.973 bits per heavy atom. The van der Waals surface area contributed by atoms with E-state index in [0.717, 1.165) is 32.1 Å². The van der Waals surface area contributed by atoms with Crippen molar-refractivity contribution >= 4 is 29.4 Å². The van der Waals surface area contributed by atoms with Crippen LogP contribution in [0.2, 0.25) is 0 Å². The number of Topliss-reactive ketones (excluding diaryl/α,β-unsaturated/α-hetero) is 1. The number of aliphatic hydroxyl groups excluding tert-OH is 1. The number of piperidine rings is 1. The van der Waals surface area contributed by atoms with Gasteiger partial charge in [-0.1, -0.05) is 19.3 Å². The Balaban J connectivity index is 1.38. The SMILES string of the molecule is O=C(N[C@@H](CC1CC1)C(=O)N[C@@H](C[C@@H]1CCCNC1=O)C(=O)CO)C(=O)NC12CCCC(C1)C(F)CC2. The third kappa shape index (κ3) is 7.06. The highest BCUT2D eigenvalue weighted by Gasteiger charge is 2.45. The molecule has 1 saturated heterocycles. The Morgan fingerprint density at radius 2 is 1.76 bits per heavy atom. The fraction of sp³-hybridized carbons (Fsp3) is 0.808. The van der Waals surface area contributed by atoms with Crippen LogP contribution in [-0.4, -0.2) is 71.5 Å². The van der Waals surface area contributed by atoms with Crippen LogP contribution in [0.15, 0.2) is 0 Å². The van der Waals surface area contributed by atoms with Gasteiger partial charge in [0.1, 0.15) is 18.8 Å². The molecule has 0 aromatic rings. The quantitative estimate of drug-likeness (QED) is 0.262. The van der Waals surface area contributed by atoms with Crippen LogP contribution in [0.3, 0.4) is 0 Å². The molecule has 3 saturated carbocycles. The zero-order chi connectivity index (χ0) is 26.6. The van der Waals surface area contributed by atoms with E-state index in [1.54, 1.807) is 0 Å². The topological polar surface area (TPSA) is 154 Å². The second-order valence-electron chi connectivity index (χ2n) is 11.4. The second kappa shape index (κ2) is 11.9. The van der Waals surface area contributed by atoms with Gasteiger partial charge in [0, 0.05) is 18.0 Å². The average molecular weight is 523 g/mol. The van der Waals surface area contributed by atoms with Crippen molar-refractivity contribution in [3.05, 3.63) is 0 Å². The van der Waals surface area contributed by atoms with Crippen LogP contribution in [0.5, 0.6) is 0 Å². The van der Waals surface area contributed by atoms with Crippen molar-refractivity contribution in [3.8, 4) is 0 Å². The Morgan fingerprint density at radius 3 is 2.46 bits per heavy atom. The van der Waals surface area contributed by atoms with Gasteiger partial charge in [0.15, 0.2) is 5.78 Å². The summed E-state index contributed by atoms with van der Waals surface area (Å²) in [7, 11) is 0. The third-order valence-electron chi connectivity index (χ3n) is 8.55. The van der Waals surface area contributed by atoms with Gasteiger partial charge in [-0.05, 0) is 69.6 Å². The van der Waals surface area contributed by atoms with Crippen LogP contribution < -0.4 is 21.3 Å². The highest BCUT2D eigenvalue weighted by atomic mass is 19.1. The van der Waals surface area contributed by atoms with Crippen molar-refractivity contribution < 1.29 is 33.5 Å². The van der Waals surface area contributed by atoms with Gasteiger partial charge in [-0.3, -0.25) is 24.0 Å². The van der Waals surface area contributed by atoms with Crippen molar-refractivity contribution in [2.45, 2.75) is 101 Å². The molecule has 4 fully saturated rings. The predicted octanol–water partition coefficient (Wildman–Crippen LogP) is 0.411. The summed E-state index contributed by atoms with van der Waals surface area (Å²) in [6.07, 6.45) is 6.27. The Kier molecular flexibility index (Phi) is 8.82. The average Bonchev–Trinajstić information content (AvgIpc) is 3.70. The number of aliphatic hydroxyl groups is 1. The van der Waals surface area contributed by atoms with E-state index in [-0.39, 0.29) is 24.2 Å². The standard InChI is InChI=1S/C26H39FN4O6/c27-18-7-9-26(8-1-3-17(18)13-26)31-25(37)24(36)30-20(11-15-5-6-15)23(35)29-19(21(33)14-32)12-16-4-2-10-28-22(16)34/h15-20,32H,1-14H2,(H,28,34)(H,29,35)(H,30,36)(H,31,37)/t16-,17?,18?,19-,20-,26?/m0/s1. The summed E-state index contributed by atoms with van der Waals surface area (Å²) in [5, 5.41) is 20.2. The number of ketones is 1. The number of nitrogens with one attached hydrogen (secondary N) is 4. The third-order valence-corrected chi connectivity index (χ3v) is 8.55. The summed E-state index contributed by atoms with van der Waals surface area (Å²) < 4.78 is 14.2. The van der Waals surface area contributed by atoms with E-state index in [4.69, 9.17) is 0 Å². The number of rotatable bonds is 10. The van der Waals surface area contributed by atoms with Crippen LogP contribution in [0.4, 0.5) is 4.39 Å². The molecule has 1 aliphatic heterocycles. The molecule has 1 heterocycles. The number of carbonyl (C=O) groups is 5. The molecule has 10 nitrogen and oxygen atoms in total. The van der Waals surface area contributed by atoms with Gasteiger partial charge in [0.25, 0.3) is 0 Å². The zero-order valence-corrected chi connectivity index (χ0v) is 21.2. The Labute approximate surface area is 216 Å². The minimum Gasteiger partial charge on any atom is -0.389 e. The molecule has 3 unspecified atom stereocenters. The lowest BCUT2D eigenvalue weighted by molar-refractivity contribution is -0.143. The van der Waals surface area contributed by atoms with E-state index in [9.17, 15) is 33.5 Å². The molecule has 4 rings (SSSR count). The fourth-order valence-corrected chi connectivity index (χ4v) is 6.21. The monoisotopic (exact) mass is 522 g/mol. The van der Waals surface area contributed by atoms with E-state index in [1.165, 1.54) is 0 Å². The largest absolute Gasteiger partial charge is 0.389 e. The van der Waals surface area contributed by atoms with Crippen molar-refractivity contribution in [2.75, 3.05) is 13.2 Å². The number of fused-ring (bicyclic) bond motifs is 2. The second-order valence-corrected chi connectivity index (χ2v) is 11.4. The lowest BCUT2D eigenvalue weighted by Gasteiger charge is -2.46. The van der Waals surface area contributed by atoms with Gasteiger partial charge in [0.2, 0.25) is 11.8 Å².